The molecule has 0 aliphatic carbocycles. The molecule has 4 aromatic rings. The number of carbonyl (C=O) groups excluding carboxylic acids is 1. The first kappa shape index (κ1) is 20.8. The van der Waals surface area contributed by atoms with Gasteiger partial charge >= 0.3 is 0 Å². The summed E-state index contributed by atoms with van der Waals surface area (Å²) in [5, 5.41) is 12.2. The Morgan fingerprint density at radius 2 is 1.94 bits per heavy atom. The molecule has 154 valence electrons. The minimum absolute atomic E-state index is 0.0538. The van der Waals surface area contributed by atoms with E-state index in [1.807, 2.05) is 73.7 Å². The van der Waals surface area contributed by atoms with Crippen molar-refractivity contribution in [1.29, 1.82) is 5.26 Å². The molecule has 1 amide bonds. The van der Waals surface area contributed by atoms with E-state index in [-0.39, 0.29) is 23.8 Å². The molecule has 2 aromatic carbocycles. The van der Waals surface area contributed by atoms with Gasteiger partial charge < -0.3 is 5.32 Å². The molecule has 1 N–H and O–H groups in total. The largest absolute Gasteiger partial charge is 0.342 e. The van der Waals surface area contributed by atoms with Gasteiger partial charge in [0, 0.05) is 4.88 Å². The van der Waals surface area contributed by atoms with Crippen LogP contribution < -0.4 is 10.9 Å². The number of para-hydroxylation sites is 1. The number of carbonyl (C=O) groups is 1. The summed E-state index contributed by atoms with van der Waals surface area (Å²) < 4.78 is 1.57. The van der Waals surface area contributed by atoms with E-state index in [9.17, 15) is 9.59 Å². The van der Waals surface area contributed by atoms with E-state index in [1.54, 1.807) is 4.57 Å². The van der Waals surface area contributed by atoms with Crippen molar-refractivity contribution in [2.45, 2.75) is 12.1 Å². The van der Waals surface area contributed by atoms with Crippen molar-refractivity contribution in [3.63, 3.8) is 0 Å². The summed E-state index contributed by atoms with van der Waals surface area (Å²) in [7, 11) is 0. The zero-order valence-electron chi connectivity index (χ0n) is 16.7. The lowest BCUT2D eigenvalue weighted by Crippen LogP contribution is -2.26. The van der Waals surface area contributed by atoms with Crippen LogP contribution >= 0.6 is 23.1 Å². The minimum Gasteiger partial charge on any atom is -0.342 e. The monoisotopic (exact) mass is 446 g/mol. The second-order valence-electron chi connectivity index (χ2n) is 6.74. The van der Waals surface area contributed by atoms with Gasteiger partial charge in [0.15, 0.2) is 5.16 Å². The summed E-state index contributed by atoms with van der Waals surface area (Å²) in [4.78, 5) is 31.9. The van der Waals surface area contributed by atoms with Crippen LogP contribution in [0.3, 0.4) is 0 Å². The molecule has 4 rings (SSSR count). The van der Waals surface area contributed by atoms with Crippen LogP contribution in [0.15, 0.2) is 70.6 Å². The number of aryl methyl sites for hydroxylation is 1. The number of nitrogens with zero attached hydrogens (tertiary/aromatic N) is 3. The lowest BCUT2D eigenvalue weighted by Gasteiger charge is -2.13. The second kappa shape index (κ2) is 9.16. The standard InChI is InChI=1S/C23H18N4O2S2/c1-15-7-5-6-10-18(15)27-22(29)17-13-19(16-8-3-2-4-9-16)31-21(17)26-23(27)30-14-20(28)25-12-11-24/h2-10,13H,12,14H2,1H3,(H,25,28). The Labute approximate surface area is 187 Å². The van der Waals surface area contributed by atoms with Gasteiger partial charge in [-0.15, -0.1) is 11.3 Å². The molecule has 0 spiro atoms. The molecule has 0 aliphatic heterocycles. The first-order chi connectivity index (χ1) is 15.1. The van der Waals surface area contributed by atoms with E-state index in [4.69, 9.17) is 10.2 Å². The van der Waals surface area contributed by atoms with Crippen LogP contribution in [-0.2, 0) is 4.79 Å². The Morgan fingerprint density at radius 1 is 1.19 bits per heavy atom. The lowest BCUT2D eigenvalue weighted by molar-refractivity contribution is -0.118. The number of thiophene rings is 1. The number of fused-ring (bicyclic) bond motifs is 1. The first-order valence-corrected chi connectivity index (χ1v) is 11.3. The molecule has 0 atom stereocenters. The normalized spacial score (nSPS) is 10.7. The number of nitriles is 1. The summed E-state index contributed by atoms with van der Waals surface area (Å²) in [5.74, 6) is -0.226. The third kappa shape index (κ3) is 4.38. The summed E-state index contributed by atoms with van der Waals surface area (Å²) in [6.07, 6.45) is 0. The van der Waals surface area contributed by atoms with Crippen LogP contribution in [0, 0.1) is 18.3 Å². The van der Waals surface area contributed by atoms with Crippen molar-refractivity contribution in [3.8, 4) is 22.2 Å². The van der Waals surface area contributed by atoms with E-state index in [0.717, 1.165) is 21.7 Å². The SMILES string of the molecule is Cc1ccccc1-n1c(SCC(=O)NCC#N)nc2sc(-c3ccccc3)cc2c1=O. The maximum absolute atomic E-state index is 13.5. The molecule has 0 aliphatic rings. The van der Waals surface area contributed by atoms with Gasteiger partial charge in [-0.05, 0) is 30.2 Å². The lowest BCUT2D eigenvalue weighted by atomic mass is 10.2. The van der Waals surface area contributed by atoms with Gasteiger partial charge in [-0.3, -0.25) is 14.2 Å². The van der Waals surface area contributed by atoms with Gasteiger partial charge in [0.1, 0.15) is 11.4 Å². The van der Waals surface area contributed by atoms with Crippen molar-refractivity contribution < 1.29 is 4.79 Å². The fraction of sp³-hybridized carbons (Fsp3) is 0.130. The Morgan fingerprint density at radius 3 is 2.68 bits per heavy atom. The third-order valence-electron chi connectivity index (χ3n) is 4.65. The molecule has 0 saturated carbocycles. The second-order valence-corrected chi connectivity index (χ2v) is 8.71. The Bertz CT molecular complexity index is 1350. The molecule has 2 heterocycles. The average Bonchev–Trinajstić information content (AvgIpc) is 3.22. The fourth-order valence-electron chi connectivity index (χ4n) is 3.15. The summed E-state index contributed by atoms with van der Waals surface area (Å²) in [6, 6.07) is 21.2. The van der Waals surface area contributed by atoms with E-state index >= 15 is 0 Å². The van der Waals surface area contributed by atoms with Gasteiger partial charge in [0.25, 0.3) is 5.56 Å². The van der Waals surface area contributed by atoms with Crippen molar-refractivity contribution >= 4 is 39.2 Å². The number of hydrogen-bond acceptors (Lipinski definition) is 6. The van der Waals surface area contributed by atoms with Crippen LogP contribution in [0.4, 0.5) is 0 Å². The van der Waals surface area contributed by atoms with Gasteiger partial charge in [-0.1, -0.05) is 60.3 Å². The number of aromatic nitrogens is 2. The van der Waals surface area contributed by atoms with E-state index in [2.05, 4.69) is 5.32 Å². The predicted molar refractivity (Wildman–Crippen MR) is 125 cm³/mol. The topological polar surface area (TPSA) is 87.8 Å². The van der Waals surface area contributed by atoms with Crippen molar-refractivity contribution in [2.24, 2.45) is 0 Å². The molecule has 0 bridgehead atoms. The Kier molecular flexibility index (Phi) is 6.16. The number of amides is 1. The molecule has 0 fully saturated rings. The quantitative estimate of drug-likeness (QED) is 0.273. The van der Waals surface area contributed by atoms with Crippen molar-refractivity contribution in [2.75, 3.05) is 12.3 Å². The van der Waals surface area contributed by atoms with E-state index in [0.29, 0.717) is 15.4 Å². The summed E-state index contributed by atoms with van der Waals surface area (Å²) in [5.41, 5.74) is 2.52. The number of benzene rings is 2. The Hall–Kier alpha value is -3.41. The molecular weight excluding hydrogens is 428 g/mol. The van der Waals surface area contributed by atoms with E-state index in [1.165, 1.54) is 23.1 Å². The highest BCUT2D eigenvalue weighted by atomic mass is 32.2. The predicted octanol–water partition coefficient (Wildman–Crippen LogP) is 4.15. The zero-order chi connectivity index (χ0) is 21.8. The van der Waals surface area contributed by atoms with Crippen LogP contribution in [-0.4, -0.2) is 27.8 Å². The van der Waals surface area contributed by atoms with Crippen LogP contribution in [0.1, 0.15) is 5.56 Å². The van der Waals surface area contributed by atoms with E-state index < -0.39 is 0 Å². The van der Waals surface area contributed by atoms with Crippen LogP contribution in [0.5, 0.6) is 0 Å². The molecular formula is C23H18N4O2S2. The summed E-state index contributed by atoms with van der Waals surface area (Å²) >= 11 is 2.63. The molecule has 31 heavy (non-hydrogen) atoms. The fourth-order valence-corrected chi connectivity index (χ4v) is 5.06. The number of rotatable bonds is 6. The number of hydrogen-bond donors (Lipinski definition) is 1. The third-order valence-corrected chi connectivity index (χ3v) is 6.66. The molecule has 8 heteroatoms. The maximum Gasteiger partial charge on any atom is 0.267 e. The van der Waals surface area contributed by atoms with Gasteiger partial charge in [0.2, 0.25) is 5.91 Å². The maximum atomic E-state index is 13.5. The zero-order valence-corrected chi connectivity index (χ0v) is 18.3. The minimum atomic E-state index is -0.284. The van der Waals surface area contributed by atoms with Gasteiger partial charge in [-0.25, -0.2) is 4.98 Å². The smallest absolute Gasteiger partial charge is 0.267 e. The highest BCUT2D eigenvalue weighted by Crippen LogP contribution is 2.33. The molecule has 0 radical (unpaired) electrons. The van der Waals surface area contributed by atoms with Crippen LogP contribution in [0.2, 0.25) is 0 Å². The molecule has 0 unspecified atom stereocenters. The highest BCUT2D eigenvalue weighted by Gasteiger charge is 2.18. The number of nitrogens with one attached hydrogen (secondary N) is 1. The molecule has 6 nitrogen and oxygen atoms in total. The summed E-state index contributed by atoms with van der Waals surface area (Å²) in [6.45, 7) is 1.88. The van der Waals surface area contributed by atoms with Gasteiger partial charge in [-0.2, -0.15) is 5.26 Å². The van der Waals surface area contributed by atoms with Crippen molar-refractivity contribution in [1.82, 2.24) is 14.9 Å². The first-order valence-electron chi connectivity index (χ1n) is 9.53. The Balaban J connectivity index is 1.84. The van der Waals surface area contributed by atoms with Gasteiger partial charge in [0.05, 0.1) is 22.9 Å². The van der Waals surface area contributed by atoms with Crippen molar-refractivity contribution in [3.05, 3.63) is 76.6 Å². The molecule has 2 aromatic heterocycles. The highest BCUT2D eigenvalue weighted by molar-refractivity contribution is 7.99. The average molecular weight is 447 g/mol. The van der Waals surface area contributed by atoms with Crippen LogP contribution in [0.25, 0.3) is 26.3 Å². The molecule has 0 saturated heterocycles. The number of thioether (sulfide) groups is 1.